The third kappa shape index (κ3) is 5.44. The number of nitrogens with two attached hydrogens (primary N) is 1. The predicted octanol–water partition coefficient (Wildman–Crippen LogP) is 0.308. The molecule has 0 saturated carbocycles. The minimum Gasteiger partial charge on any atom is -0.464 e. The lowest BCUT2D eigenvalue weighted by molar-refractivity contribution is -0.132. The highest BCUT2D eigenvalue weighted by Crippen LogP contribution is 2.09. The molecule has 0 radical (unpaired) electrons. The normalized spacial score (nSPS) is 13.3. The Bertz CT molecular complexity index is 536. The summed E-state index contributed by atoms with van der Waals surface area (Å²) in [5.74, 6) is 1.06. The van der Waals surface area contributed by atoms with Gasteiger partial charge >= 0.3 is 0 Å². The van der Waals surface area contributed by atoms with Crippen molar-refractivity contribution in [1.29, 1.82) is 0 Å². The highest BCUT2D eigenvalue weighted by atomic mass is 32.2. The summed E-state index contributed by atoms with van der Waals surface area (Å²) in [6.07, 6.45) is 1.25. The molecule has 108 valence electrons. The van der Waals surface area contributed by atoms with E-state index in [1.54, 1.807) is 13.1 Å². The Hall–Kier alpha value is -1.34. The van der Waals surface area contributed by atoms with Crippen LogP contribution in [0.3, 0.4) is 0 Å². The Kier molecular flexibility index (Phi) is 5.13. The summed E-state index contributed by atoms with van der Waals surface area (Å²) >= 11 is 0. The van der Waals surface area contributed by atoms with E-state index in [-0.39, 0.29) is 18.1 Å². The van der Waals surface area contributed by atoms with Crippen molar-refractivity contribution in [3.05, 3.63) is 23.7 Å². The van der Waals surface area contributed by atoms with Crippen molar-refractivity contribution in [2.75, 3.05) is 19.1 Å². The molecule has 0 aliphatic rings. The van der Waals surface area contributed by atoms with Crippen LogP contribution in [-0.4, -0.2) is 44.3 Å². The summed E-state index contributed by atoms with van der Waals surface area (Å²) in [7, 11) is -1.49. The largest absolute Gasteiger partial charge is 0.464 e. The first kappa shape index (κ1) is 15.7. The minimum absolute atomic E-state index is 0.0897. The van der Waals surface area contributed by atoms with Crippen LogP contribution in [0.2, 0.25) is 0 Å². The molecule has 0 aromatic carbocycles. The summed E-state index contributed by atoms with van der Waals surface area (Å²) in [6, 6.07) is 2.80. The van der Waals surface area contributed by atoms with Crippen LogP contribution >= 0.6 is 0 Å². The maximum Gasteiger partial charge on any atom is 0.239 e. The number of furan rings is 1. The van der Waals surface area contributed by atoms with Crippen LogP contribution in [0.4, 0.5) is 0 Å². The lowest BCUT2D eigenvalue weighted by Crippen LogP contribution is -2.42. The molecule has 0 aliphatic carbocycles. The number of hydrogen-bond donors (Lipinski definition) is 1. The Labute approximate surface area is 113 Å². The summed E-state index contributed by atoms with van der Waals surface area (Å²) in [6.45, 7) is 2.14. The summed E-state index contributed by atoms with van der Waals surface area (Å²) in [4.78, 5) is 13.4. The molecule has 6 nitrogen and oxygen atoms in total. The van der Waals surface area contributed by atoms with Gasteiger partial charge in [0, 0.05) is 13.3 Å². The molecule has 0 bridgehead atoms. The molecule has 0 fully saturated rings. The highest BCUT2D eigenvalue weighted by Gasteiger charge is 2.20. The van der Waals surface area contributed by atoms with Gasteiger partial charge in [0.25, 0.3) is 0 Å². The fourth-order valence-corrected chi connectivity index (χ4v) is 2.31. The van der Waals surface area contributed by atoms with Crippen molar-refractivity contribution in [1.82, 2.24) is 4.90 Å². The first-order valence-corrected chi connectivity index (χ1v) is 7.98. The van der Waals surface area contributed by atoms with E-state index in [1.807, 2.05) is 13.0 Å². The monoisotopic (exact) mass is 288 g/mol. The lowest BCUT2D eigenvalue weighted by Gasteiger charge is -2.20. The standard InChI is InChI=1S/C12H20N2O4S/c1-9-4-5-10(18-9)8-14(2)12(15)11(13)6-7-19(3,16)17/h4-5,11H,6-8,13H2,1-3H3. The maximum absolute atomic E-state index is 11.9. The molecule has 0 spiro atoms. The van der Waals surface area contributed by atoms with E-state index >= 15 is 0 Å². The minimum atomic E-state index is -3.10. The first-order valence-electron chi connectivity index (χ1n) is 5.92. The van der Waals surface area contributed by atoms with Gasteiger partial charge in [0.2, 0.25) is 5.91 Å². The number of aryl methyl sites for hydroxylation is 1. The number of hydrogen-bond acceptors (Lipinski definition) is 5. The van der Waals surface area contributed by atoms with Gasteiger partial charge in [-0.3, -0.25) is 4.79 Å². The second-order valence-electron chi connectivity index (χ2n) is 4.73. The molecule has 19 heavy (non-hydrogen) atoms. The van der Waals surface area contributed by atoms with Gasteiger partial charge in [-0.05, 0) is 25.5 Å². The van der Waals surface area contributed by atoms with E-state index in [2.05, 4.69) is 0 Å². The molecular weight excluding hydrogens is 268 g/mol. The Morgan fingerprint density at radius 3 is 2.58 bits per heavy atom. The van der Waals surface area contributed by atoms with E-state index in [0.29, 0.717) is 12.3 Å². The molecule has 2 N–H and O–H groups in total. The summed E-state index contributed by atoms with van der Waals surface area (Å²) in [5, 5.41) is 0. The molecule has 7 heteroatoms. The summed E-state index contributed by atoms with van der Waals surface area (Å²) in [5.41, 5.74) is 5.70. The van der Waals surface area contributed by atoms with Crippen LogP contribution in [0.1, 0.15) is 17.9 Å². The molecule has 1 amide bonds. The van der Waals surface area contributed by atoms with Crippen LogP contribution in [0.5, 0.6) is 0 Å². The van der Waals surface area contributed by atoms with Gasteiger partial charge in [-0.2, -0.15) is 0 Å². The molecule has 1 rings (SSSR count). The molecule has 1 aromatic rings. The van der Waals surface area contributed by atoms with Gasteiger partial charge < -0.3 is 15.1 Å². The number of carbonyl (C=O) groups is 1. The zero-order valence-electron chi connectivity index (χ0n) is 11.4. The van der Waals surface area contributed by atoms with Crippen molar-refractivity contribution >= 4 is 15.7 Å². The van der Waals surface area contributed by atoms with Gasteiger partial charge in [0.15, 0.2) is 0 Å². The van der Waals surface area contributed by atoms with Crippen LogP contribution in [-0.2, 0) is 21.2 Å². The van der Waals surface area contributed by atoms with Crippen molar-refractivity contribution < 1.29 is 17.6 Å². The number of likely N-dealkylation sites (N-methyl/N-ethyl adjacent to an activating group) is 1. The van der Waals surface area contributed by atoms with Crippen LogP contribution in [0, 0.1) is 6.92 Å². The second-order valence-corrected chi connectivity index (χ2v) is 6.99. The van der Waals surface area contributed by atoms with Gasteiger partial charge in [-0.15, -0.1) is 0 Å². The number of carbonyl (C=O) groups excluding carboxylic acids is 1. The van der Waals surface area contributed by atoms with E-state index in [9.17, 15) is 13.2 Å². The molecule has 1 atom stereocenters. The summed E-state index contributed by atoms with van der Waals surface area (Å²) < 4.78 is 27.4. The SMILES string of the molecule is Cc1ccc(CN(C)C(=O)C(N)CCS(C)(=O)=O)o1. The fourth-order valence-electron chi connectivity index (χ4n) is 1.63. The average Bonchev–Trinajstić information content (AvgIpc) is 2.69. The van der Waals surface area contributed by atoms with E-state index in [1.165, 1.54) is 4.90 Å². The number of nitrogens with zero attached hydrogens (tertiary/aromatic N) is 1. The Morgan fingerprint density at radius 2 is 2.11 bits per heavy atom. The van der Waals surface area contributed by atoms with E-state index in [4.69, 9.17) is 10.2 Å². The lowest BCUT2D eigenvalue weighted by atomic mass is 10.2. The van der Waals surface area contributed by atoms with Gasteiger partial charge in [-0.25, -0.2) is 8.42 Å². The van der Waals surface area contributed by atoms with Crippen LogP contribution in [0.15, 0.2) is 16.5 Å². The quantitative estimate of drug-likeness (QED) is 0.813. The third-order valence-electron chi connectivity index (χ3n) is 2.68. The first-order chi connectivity index (χ1) is 8.69. The zero-order chi connectivity index (χ0) is 14.6. The molecule has 1 aromatic heterocycles. The molecule has 0 aliphatic heterocycles. The van der Waals surface area contributed by atoms with Crippen LogP contribution < -0.4 is 5.73 Å². The third-order valence-corrected chi connectivity index (χ3v) is 3.66. The number of amides is 1. The Balaban J connectivity index is 2.52. The molecular formula is C12H20N2O4S. The van der Waals surface area contributed by atoms with Crippen molar-refractivity contribution in [2.45, 2.75) is 25.9 Å². The van der Waals surface area contributed by atoms with Crippen molar-refractivity contribution in [3.63, 3.8) is 0 Å². The Morgan fingerprint density at radius 1 is 1.47 bits per heavy atom. The number of sulfone groups is 1. The van der Waals surface area contributed by atoms with Crippen molar-refractivity contribution in [3.8, 4) is 0 Å². The smallest absolute Gasteiger partial charge is 0.239 e. The number of rotatable bonds is 6. The van der Waals surface area contributed by atoms with Crippen molar-refractivity contribution in [2.24, 2.45) is 5.73 Å². The topological polar surface area (TPSA) is 93.6 Å². The fraction of sp³-hybridized carbons (Fsp3) is 0.583. The van der Waals surface area contributed by atoms with E-state index in [0.717, 1.165) is 12.0 Å². The molecule has 0 saturated heterocycles. The second kappa shape index (κ2) is 6.21. The van der Waals surface area contributed by atoms with E-state index < -0.39 is 15.9 Å². The van der Waals surface area contributed by atoms with Crippen LogP contribution in [0.25, 0.3) is 0 Å². The highest BCUT2D eigenvalue weighted by molar-refractivity contribution is 7.90. The van der Waals surface area contributed by atoms with Gasteiger partial charge in [0.1, 0.15) is 21.4 Å². The van der Waals surface area contributed by atoms with Gasteiger partial charge in [-0.1, -0.05) is 0 Å². The maximum atomic E-state index is 11.9. The molecule has 1 heterocycles. The average molecular weight is 288 g/mol. The predicted molar refractivity (Wildman–Crippen MR) is 72.2 cm³/mol. The zero-order valence-corrected chi connectivity index (χ0v) is 12.2. The van der Waals surface area contributed by atoms with Gasteiger partial charge in [0.05, 0.1) is 18.3 Å². The molecule has 1 unspecified atom stereocenters.